The molecule has 0 aliphatic carbocycles. The molecule has 15 heavy (non-hydrogen) atoms. The second kappa shape index (κ2) is 5.34. The van der Waals surface area contributed by atoms with Gasteiger partial charge in [0.2, 0.25) is 0 Å². The van der Waals surface area contributed by atoms with Crippen molar-refractivity contribution in [3.8, 4) is 11.1 Å². The molecule has 0 bridgehead atoms. The Morgan fingerprint density at radius 3 is 1.93 bits per heavy atom. The summed E-state index contributed by atoms with van der Waals surface area (Å²) in [4.78, 5) is 3.97. The van der Waals surface area contributed by atoms with E-state index in [2.05, 4.69) is 10.4 Å². The zero-order valence-electron chi connectivity index (χ0n) is 8.05. The van der Waals surface area contributed by atoms with Gasteiger partial charge in [0, 0.05) is 18.1 Å². The maximum Gasteiger partial charge on any atom is 0.0485 e. The van der Waals surface area contributed by atoms with Gasteiger partial charge in [0.25, 0.3) is 0 Å². The maximum absolute atomic E-state index is 5.28. The van der Waals surface area contributed by atoms with Crippen molar-refractivity contribution < 1.29 is 0 Å². The maximum atomic E-state index is 5.28. The highest BCUT2D eigenvalue weighted by molar-refractivity contribution is 5.85. The molecule has 0 atom stereocenters. The van der Waals surface area contributed by atoms with Crippen LogP contribution in [0.15, 0.2) is 48.8 Å². The molecule has 0 unspecified atom stereocenters. The lowest BCUT2D eigenvalue weighted by atomic mass is 10.1. The Hall–Kier alpha value is -1.58. The molecule has 1 aromatic carbocycles. The Morgan fingerprint density at radius 1 is 0.867 bits per heavy atom. The van der Waals surface area contributed by atoms with E-state index in [-0.39, 0.29) is 12.4 Å². The smallest absolute Gasteiger partial charge is 0.0485 e. The number of nitrogens with zero attached hydrogens (tertiary/aromatic N) is 1. The van der Waals surface area contributed by atoms with Gasteiger partial charge in [-0.15, -0.1) is 12.4 Å². The molecule has 0 saturated carbocycles. The number of nitrogens with two attached hydrogens (primary N) is 1. The average molecular weight is 222 g/mol. The monoisotopic (exact) mass is 221 g/mol. The Kier molecular flexibility index (Phi) is 4.09. The van der Waals surface area contributed by atoms with E-state index in [4.69, 9.17) is 5.84 Å². The number of halogens is 1. The van der Waals surface area contributed by atoms with Gasteiger partial charge >= 0.3 is 0 Å². The third kappa shape index (κ3) is 2.68. The molecule has 0 aliphatic rings. The second-order valence-electron chi connectivity index (χ2n) is 2.96. The first kappa shape index (κ1) is 11.5. The van der Waals surface area contributed by atoms with Crippen molar-refractivity contribution >= 4 is 18.1 Å². The number of hydrogen-bond acceptors (Lipinski definition) is 3. The largest absolute Gasteiger partial charge is 0.324 e. The molecular formula is C11H12ClN3. The Bertz CT molecular complexity index is 400. The van der Waals surface area contributed by atoms with Crippen molar-refractivity contribution in [2.75, 3.05) is 5.43 Å². The van der Waals surface area contributed by atoms with Crippen molar-refractivity contribution in [3.05, 3.63) is 48.8 Å². The van der Waals surface area contributed by atoms with E-state index in [1.54, 1.807) is 12.4 Å². The van der Waals surface area contributed by atoms with Crippen LogP contribution in [0.4, 0.5) is 5.69 Å². The van der Waals surface area contributed by atoms with Gasteiger partial charge in [-0.25, -0.2) is 0 Å². The summed E-state index contributed by atoms with van der Waals surface area (Å²) in [6, 6.07) is 11.9. The number of rotatable bonds is 2. The van der Waals surface area contributed by atoms with Gasteiger partial charge in [-0.3, -0.25) is 10.8 Å². The summed E-state index contributed by atoms with van der Waals surface area (Å²) in [6.07, 6.45) is 3.56. The van der Waals surface area contributed by atoms with E-state index >= 15 is 0 Å². The van der Waals surface area contributed by atoms with E-state index in [0.29, 0.717) is 0 Å². The molecule has 4 heteroatoms. The quantitative estimate of drug-likeness (QED) is 0.605. The van der Waals surface area contributed by atoms with Crippen LogP contribution < -0.4 is 11.3 Å². The summed E-state index contributed by atoms with van der Waals surface area (Å²) in [5.74, 6) is 5.28. The van der Waals surface area contributed by atoms with Gasteiger partial charge < -0.3 is 5.43 Å². The van der Waals surface area contributed by atoms with Gasteiger partial charge in [0.1, 0.15) is 0 Å². The molecule has 0 fully saturated rings. The van der Waals surface area contributed by atoms with Crippen molar-refractivity contribution in [2.24, 2.45) is 5.84 Å². The van der Waals surface area contributed by atoms with E-state index < -0.39 is 0 Å². The van der Waals surface area contributed by atoms with Crippen molar-refractivity contribution in [1.29, 1.82) is 0 Å². The Morgan fingerprint density at radius 2 is 1.40 bits per heavy atom. The number of aromatic nitrogens is 1. The predicted octanol–water partition coefficient (Wildman–Crippen LogP) is 2.46. The predicted molar refractivity (Wildman–Crippen MR) is 64.7 cm³/mol. The van der Waals surface area contributed by atoms with Crippen LogP contribution in [-0.4, -0.2) is 4.98 Å². The van der Waals surface area contributed by atoms with Gasteiger partial charge in [0.05, 0.1) is 0 Å². The molecule has 0 saturated heterocycles. The van der Waals surface area contributed by atoms with Crippen LogP contribution in [0.25, 0.3) is 11.1 Å². The Labute approximate surface area is 94.7 Å². The Balaban J connectivity index is 0.00000112. The summed E-state index contributed by atoms with van der Waals surface area (Å²) >= 11 is 0. The van der Waals surface area contributed by atoms with Crippen LogP contribution in [0.3, 0.4) is 0 Å². The second-order valence-corrected chi connectivity index (χ2v) is 2.96. The molecular weight excluding hydrogens is 210 g/mol. The number of anilines is 1. The molecule has 3 nitrogen and oxygen atoms in total. The first-order valence-corrected chi connectivity index (χ1v) is 4.37. The van der Waals surface area contributed by atoms with E-state index in [0.717, 1.165) is 16.8 Å². The van der Waals surface area contributed by atoms with Crippen molar-refractivity contribution in [2.45, 2.75) is 0 Å². The number of pyridine rings is 1. The minimum Gasteiger partial charge on any atom is -0.324 e. The van der Waals surface area contributed by atoms with Crippen molar-refractivity contribution in [3.63, 3.8) is 0 Å². The minimum atomic E-state index is 0. The summed E-state index contributed by atoms with van der Waals surface area (Å²) < 4.78 is 0. The fourth-order valence-electron chi connectivity index (χ4n) is 1.30. The molecule has 1 heterocycles. The zero-order valence-corrected chi connectivity index (χ0v) is 8.87. The van der Waals surface area contributed by atoms with Gasteiger partial charge in [-0.2, -0.15) is 0 Å². The summed E-state index contributed by atoms with van der Waals surface area (Å²) in [5.41, 5.74) is 5.81. The number of hydrogen-bond donors (Lipinski definition) is 2. The minimum absolute atomic E-state index is 0. The van der Waals surface area contributed by atoms with E-state index in [1.165, 1.54) is 0 Å². The fourth-order valence-corrected chi connectivity index (χ4v) is 1.30. The highest BCUT2D eigenvalue weighted by Crippen LogP contribution is 2.19. The van der Waals surface area contributed by atoms with Crippen LogP contribution in [0.5, 0.6) is 0 Å². The lowest BCUT2D eigenvalue weighted by molar-refractivity contribution is 1.33. The lowest BCUT2D eigenvalue weighted by Gasteiger charge is -2.02. The van der Waals surface area contributed by atoms with Crippen LogP contribution in [0.1, 0.15) is 0 Å². The van der Waals surface area contributed by atoms with Crippen LogP contribution >= 0.6 is 12.4 Å². The van der Waals surface area contributed by atoms with Gasteiger partial charge in [0.15, 0.2) is 0 Å². The average Bonchev–Trinajstić information content (AvgIpc) is 2.30. The van der Waals surface area contributed by atoms with Gasteiger partial charge in [-0.05, 0) is 35.4 Å². The third-order valence-electron chi connectivity index (χ3n) is 2.07. The number of nitrogens with one attached hydrogen (secondary N) is 1. The summed E-state index contributed by atoms with van der Waals surface area (Å²) in [7, 11) is 0. The highest BCUT2D eigenvalue weighted by atomic mass is 35.5. The SMILES string of the molecule is Cl.NNc1ccc(-c2ccncc2)cc1. The highest BCUT2D eigenvalue weighted by Gasteiger charge is 1.95. The molecule has 0 radical (unpaired) electrons. The molecule has 78 valence electrons. The first-order chi connectivity index (χ1) is 6.90. The van der Waals surface area contributed by atoms with Crippen LogP contribution in [-0.2, 0) is 0 Å². The molecule has 1 aromatic heterocycles. The van der Waals surface area contributed by atoms with Crippen molar-refractivity contribution in [1.82, 2.24) is 4.98 Å². The molecule has 0 aliphatic heterocycles. The number of benzene rings is 1. The molecule has 2 aromatic rings. The van der Waals surface area contributed by atoms with Gasteiger partial charge in [-0.1, -0.05) is 12.1 Å². The number of hydrazine groups is 1. The van der Waals surface area contributed by atoms with Crippen LogP contribution in [0.2, 0.25) is 0 Å². The first-order valence-electron chi connectivity index (χ1n) is 4.37. The molecule has 3 N–H and O–H groups in total. The summed E-state index contributed by atoms with van der Waals surface area (Å²) in [6.45, 7) is 0. The van der Waals surface area contributed by atoms with Crippen LogP contribution in [0, 0.1) is 0 Å². The van der Waals surface area contributed by atoms with E-state index in [1.807, 2.05) is 36.4 Å². The zero-order chi connectivity index (χ0) is 9.80. The topological polar surface area (TPSA) is 50.9 Å². The normalized spacial score (nSPS) is 9.13. The molecule has 2 rings (SSSR count). The summed E-state index contributed by atoms with van der Waals surface area (Å²) in [5, 5.41) is 0. The fraction of sp³-hybridized carbons (Fsp3) is 0. The molecule has 0 amide bonds. The van der Waals surface area contributed by atoms with E-state index in [9.17, 15) is 0 Å². The third-order valence-corrected chi connectivity index (χ3v) is 2.07. The molecule has 0 spiro atoms. The number of nitrogen functional groups attached to an aromatic ring is 1. The standard InChI is InChI=1S/C11H11N3.ClH/c12-14-11-3-1-9(2-4-11)10-5-7-13-8-6-10;/h1-8,14H,12H2;1H. The lowest BCUT2D eigenvalue weighted by Crippen LogP contribution is -2.05.